The van der Waals surface area contributed by atoms with Gasteiger partial charge in [0.2, 0.25) is 0 Å². The summed E-state index contributed by atoms with van der Waals surface area (Å²) in [5, 5.41) is 2.79. The van der Waals surface area contributed by atoms with Crippen LogP contribution < -0.4 is 9.47 Å². The Balaban J connectivity index is 1.60. The standard InChI is InChI=1S/C11H16N2O4/c14-13-3-1-2-4-15-7-9-8-16-10-5-12-6-11(10)17-9/h5-6,9,12H,1-4,7-8H2/t9-/m1/s1. The first-order chi connectivity index (χ1) is 8.40. The first-order valence-corrected chi connectivity index (χ1v) is 5.73. The van der Waals surface area contributed by atoms with Crippen LogP contribution in [0.15, 0.2) is 17.6 Å². The Bertz CT molecular complexity index is 353. The molecule has 0 spiro atoms. The van der Waals surface area contributed by atoms with E-state index < -0.39 is 0 Å². The van der Waals surface area contributed by atoms with Crippen LogP contribution in [0.25, 0.3) is 0 Å². The molecule has 1 atom stereocenters. The Kier molecular flexibility index (Phi) is 4.37. The minimum Gasteiger partial charge on any atom is -0.484 e. The van der Waals surface area contributed by atoms with Gasteiger partial charge in [-0.2, -0.15) is 4.91 Å². The molecule has 6 nitrogen and oxygen atoms in total. The van der Waals surface area contributed by atoms with Crippen molar-refractivity contribution in [2.24, 2.45) is 5.18 Å². The lowest BCUT2D eigenvalue weighted by atomic mass is 10.3. The average molecular weight is 240 g/mol. The van der Waals surface area contributed by atoms with Gasteiger partial charge in [-0.3, -0.25) is 0 Å². The van der Waals surface area contributed by atoms with Crippen molar-refractivity contribution in [1.29, 1.82) is 0 Å². The molecule has 2 heterocycles. The molecule has 1 aromatic heterocycles. The number of nitroso groups, excluding NO2 is 1. The van der Waals surface area contributed by atoms with Crippen molar-refractivity contribution in [3.8, 4) is 11.5 Å². The van der Waals surface area contributed by atoms with Crippen LogP contribution in [0.4, 0.5) is 0 Å². The zero-order chi connectivity index (χ0) is 11.9. The molecule has 1 aromatic rings. The van der Waals surface area contributed by atoms with E-state index in [1.807, 2.05) is 0 Å². The number of ether oxygens (including phenoxy) is 3. The summed E-state index contributed by atoms with van der Waals surface area (Å²) in [5.74, 6) is 1.48. The van der Waals surface area contributed by atoms with Crippen molar-refractivity contribution in [2.75, 3.05) is 26.4 Å². The van der Waals surface area contributed by atoms with Crippen molar-refractivity contribution < 1.29 is 14.2 Å². The quantitative estimate of drug-likeness (QED) is 0.581. The largest absolute Gasteiger partial charge is 0.484 e. The van der Waals surface area contributed by atoms with Crippen molar-refractivity contribution in [3.63, 3.8) is 0 Å². The van der Waals surface area contributed by atoms with Gasteiger partial charge >= 0.3 is 0 Å². The Morgan fingerprint density at radius 1 is 1.41 bits per heavy atom. The predicted octanol–water partition coefficient (Wildman–Crippen LogP) is 1.72. The Hall–Kier alpha value is -1.56. The molecule has 0 bridgehead atoms. The maximum Gasteiger partial charge on any atom is 0.179 e. The van der Waals surface area contributed by atoms with Crippen LogP contribution in [-0.4, -0.2) is 37.5 Å². The van der Waals surface area contributed by atoms with E-state index in [2.05, 4.69) is 10.2 Å². The molecule has 94 valence electrons. The lowest BCUT2D eigenvalue weighted by molar-refractivity contribution is 0.00863. The summed E-state index contributed by atoms with van der Waals surface area (Å²) in [6, 6.07) is 0. The molecule has 1 N–H and O–H groups in total. The second-order valence-electron chi connectivity index (χ2n) is 3.87. The minimum absolute atomic E-state index is 0.0671. The fraction of sp³-hybridized carbons (Fsp3) is 0.636. The van der Waals surface area contributed by atoms with Gasteiger partial charge in [-0.05, 0) is 12.8 Å². The highest BCUT2D eigenvalue weighted by Gasteiger charge is 2.21. The van der Waals surface area contributed by atoms with Crippen molar-refractivity contribution >= 4 is 0 Å². The zero-order valence-electron chi connectivity index (χ0n) is 9.55. The first kappa shape index (κ1) is 11.9. The highest BCUT2D eigenvalue weighted by molar-refractivity contribution is 5.38. The van der Waals surface area contributed by atoms with Gasteiger partial charge in [-0.1, -0.05) is 5.18 Å². The monoisotopic (exact) mass is 240 g/mol. The van der Waals surface area contributed by atoms with Crippen molar-refractivity contribution in [1.82, 2.24) is 4.98 Å². The van der Waals surface area contributed by atoms with E-state index in [9.17, 15) is 4.91 Å². The van der Waals surface area contributed by atoms with Gasteiger partial charge in [0.05, 0.1) is 13.2 Å². The number of hydrogen-bond donors (Lipinski definition) is 1. The van der Waals surface area contributed by atoms with Crippen LogP contribution in [0.3, 0.4) is 0 Å². The Labute approximate surface area is 99.2 Å². The van der Waals surface area contributed by atoms with Gasteiger partial charge in [-0.25, -0.2) is 0 Å². The van der Waals surface area contributed by atoms with Crippen LogP contribution in [0.2, 0.25) is 0 Å². The van der Waals surface area contributed by atoms with E-state index in [-0.39, 0.29) is 6.10 Å². The van der Waals surface area contributed by atoms with Gasteiger partial charge in [0.1, 0.15) is 6.61 Å². The fourth-order valence-corrected chi connectivity index (χ4v) is 1.61. The maximum absolute atomic E-state index is 9.85. The predicted molar refractivity (Wildman–Crippen MR) is 61.4 cm³/mol. The first-order valence-electron chi connectivity index (χ1n) is 5.73. The molecule has 17 heavy (non-hydrogen) atoms. The number of H-pyrrole nitrogens is 1. The topological polar surface area (TPSA) is 72.9 Å². The molecule has 1 aliphatic rings. The van der Waals surface area contributed by atoms with Crippen molar-refractivity contribution in [2.45, 2.75) is 18.9 Å². The number of rotatable bonds is 7. The molecule has 6 heteroatoms. The molecule has 0 fully saturated rings. The van der Waals surface area contributed by atoms with Crippen LogP contribution in [0, 0.1) is 4.91 Å². The van der Waals surface area contributed by atoms with Crippen molar-refractivity contribution in [3.05, 3.63) is 17.3 Å². The van der Waals surface area contributed by atoms with Gasteiger partial charge in [0.25, 0.3) is 0 Å². The maximum atomic E-state index is 9.85. The van der Waals surface area contributed by atoms with Crippen LogP contribution in [-0.2, 0) is 4.74 Å². The van der Waals surface area contributed by atoms with Crippen LogP contribution in [0.5, 0.6) is 11.5 Å². The number of aromatic amines is 1. The molecule has 0 saturated carbocycles. The number of nitrogens with one attached hydrogen (secondary N) is 1. The molecule has 1 aliphatic heterocycles. The third-order valence-corrected chi connectivity index (χ3v) is 2.48. The van der Waals surface area contributed by atoms with E-state index in [0.717, 1.165) is 24.3 Å². The number of fused-ring (bicyclic) bond motifs is 1. The highest BCUT2D eigenvalue weighted by atomic mass is 16.6. The fourth-order valence-electron chi connectivity index (χ4n) is 1.61. The smallest absolute Gasteiger partial charge is 0.179 e. The molecule has 0 radical (unpaired) electrons. The minimum atomic E-state index is -0.0671. The summed E-state index contributed by atoms with van der Waals surface area (Å²) in [4.78, 5) is 12.8. The third kappa shape index (κ3) is 3.45. The third-order valence-electron chi connectivity index (χ3n) is 2.48. The second kappa shape index (κ2) is 6.24. The lowest BCUT2D eigenvalue weighted by Crippen LogP contribution is -2.33. The van der Waals surface area contributed by atoms with Crippen LogP contribution in [0.1, 0.15) is 12.8 Å². The summed E-state index contributed by atoms with van der Waals surface area (Å²) in [7, 11) is 0. The number of aromatic nitrogens is 1. The van der Waals surface area contributed by atoms with E-state index >= 15 is 0 Å². The zero-order valence-corrected chi connectivity index (χ0v) is 9.55. The summed E-state index contributed by atoms with van der Waals surface area (Å²) in [6.45, 7) is 1.98. The molecule has 0 aromatic carbocycles. The highest BCUT2D eigenvalue weighted by Crippen LogP contribution is 2.30. The summed E-state index contributed by atoms with van der Waals surface area (Å²) < 4.78 is 16.6. The Morgan fingerprint density at radius 2 is 2.29 bits per heavy atom. The van der Waals surface area contributed by atoms with E-state index in [1.54, 1.807) is 12.4 Å². The number of nitrogens with zero attached hydrogens (tertiary/aromatic N) is 1. The normalized spacial score (nSPS) is 18.0. The van der Waals surface area contributed by atoms with Gasteiger partial charge < -0.3 is 19.2 Å². The van der Waals surface area contributed by atoms with Crippen LogP contribution >= 0.6 is 0 Å². The Morgan fingerprint density at radius 3 is 3.18 bits per heavy atom. The number of unbranched alkanes of at least 4 members (excludes halogenated alkanes) is 1. The SMILES string of the molecule is O=NCCCCOC[C@@H]1COc2c[nH]cc2O1. The second-order valence-corrected chi connectivity index (χ2v) is 3.87. The molecular weight excluding hydrogens is 224 g/mol. The molecular formula is C11H16N2O4. The summed E-state index contributed by atoms with van der Waals surface area (Å²) >= 11 is 0. The van der Waals surface area contributed by atoms with E-state index in [4.69, 9.17) is 14.2 Å². The van der Waals surface area contributed by atoms with Gasteiger partial charge in [-0.15, -0.1) is 0 Å². The van der Waals surface area contributed by atoms with E-state index in [1.165, 1.54) is 0 Å². The molecule has 0 aliphatic carbocycles. The van der Waals surface area contributed by atoms with Gasteiger partial charge in [0.15, 0.2) is 17.6 Å². The molecule has 2 rings (SSSR count). The average Bonchev–Trinajstić information content (AvgIpc) is 2.81. The van der Waals surface area contributed by atoms with E-state index in [0.29, 0.717) is 26.4 Å². The molecule has 0 amide bonds. The number of hydrogen-bond acceptors (Lipinski definition) is 5. The molecule has 0 unspecified atom stereocenters. The summed E-state index contributed by atoms with van der Waals surface area (Å²) in [6.07, 6.45) is 5.07. The van der Waals surface area contributed by atoms with Gasteiger partial charge in [0, 0.05) is 19.0 Å². The lowest BCUT2D eigenvalue weighted by Gasteiger charge is -2.24. The molecule has 0 saturated heterocycles. The summed E-state index contributed by atoms with van der Waals surface area (Å²) in [5.41, 5.74) is 0.